The lowest BCUT2D eigenvalue weighted by molar-refractivity contribution is -0.118. The van der Waals surface area contributed by atoms with Crippen LogP contribution in [0.15, 0.2) is 55.1 Å². The molecule has 0 aliphatic rings. The van der Waals surface area contributed by atoms with Crippen molar-refractivity contribution in [3.8, 4) is 0 Å². The maximum Gasteiger partial charge on any atom is 0.170 e. The number of aromatic nitrogens is 1. The van der Waals surface area contributed by atoms with Gasteiger partial charge in [-0.2, -0.15) is 0 Å². The van der Waals surface area contributed by atoms with Gasteiger partial charge < -0.3 is 4.57 Å². The zero-order valence-electron chi connectivity index (χ0n) is 15.3. The maximum absolute atomic E-state index is 12.5. The van der Waals surface area contributed by atoms with Gasteiger partial charge in [0.05, 0.1) is 6.42 Å². The molecule has 0 fully saturated rings. The number of Topliss-reactive ketones (excluding diaryl/α,β-unsaturated/α-hetero) is 2. The van der Waals surface area contributed by atoms with Gasteiger partial charge in [0, 0.05) is 40.3 Å². The highest BCUT2D eigenvalue weighted by molar-refractivity contribution is 6.13. The molecule has 134 valence electrons. The quantitative estimate of drug-likeness (QED) is 0.283. The Labute approximate surface area is 154 Å². The monoisotopic (exact) mass is 347 g/mol. The Morgan fingerprint density at radius 3 is 2.62 bits per heavy atom. The minimum atomic E-state index is -0.105. The fourth-order valence-corrected chi connectivity index (χ4v) is 3.42. The zero-order chi connectivity index (χ0) is 18.5. The predicted molar refractivity (Wildman–Crippen MR) is 108 cm³/mol. The van der Waals surface area contributed by atoms with Crippen LogP contribution in [0.25, 0.3) is 21.8 Å². The number of ketones is 2. The summed E-state index contributed by atoms with van der Waals surface area (Å²) in [5.74, 6) is -0.133. The van der Waals surface area contributed by atoms with Crippen molar-refractivity contribution in [3.63, 3.8) is 0 Å². The first kappa shape index (κ1) is 18.1. The normalized spacial score (nSPS) is 11.1. The van der Waals surface area contributed by atoms with Crippen LogP contribution >= 0.6 is 0 Å². The number of unbranched alkanes of at least 4 members (excludes halogenated alkanes) is 1. The van der Waals surface area contributed by atoms with Gasteiger partial charge >= 0.3 is 0 Å². The highest BCUT2D eigenvalue weighted by Gasteiger charge is 2.15. The standard InChI is InChI=1S/C23H25NO2/c1-3-5-9-18(25)16-23(26)17-12-13-22-20(15-17)19-10-7-8-11-21(19)24(22)14-6-4-2/h3,7-8,10-13,15H,1,4-6,9,14,16H2,2H3. The van der Waals surface area contributed by atoms with Crippen molar-refractivity contribution in [2.24, 2.45) is 0 Å². The number of rotatable bonds is 9. The molecule has 0 unspecified atom stereocenters. The Kier molecular flexibility index (Phi) is 5.67. The second-order valence-electron chi connectivity index (χ2n) is 6.72. The lowest BCUT2D eigenvalue weighted by atomic mass is 10.0. The minimum absolute atomic E-state index is 0.0274. The second-order valence-corrected chi connectivity index (χ2v) is 6.72. The fourth-order valence-electron chi connectivity index (χ4n) is 3.42. The minimum Gasteiger partial charge on any atom is -0.340 e. The topological polar surface area (TPSA) is 39.1 Å². The molecular weight excluding hydrogens is 322 g/mol. The number of allylic oxidation sites excluding steroid dienone is 1. The van der Waals surface area contributed by atoms with Gasteiger partial charge in [-0.05, 0) is 37.1 Å². The third-order valence-electron chi connectivity index (χ3n) is 4.81. The zero-order valence-corrected chi connectivity index (χ0v) is 15.3. The van der Waals surface area contributed by atoms with Gasteiger partial charge in [0.25, 0.3) is 0 Å². The van der Waals surface area contributed by atoms with Crippen LogP contribution < -0.4 is 0 Å². The number of carbonyl (C=O) groups is 2. The molecule has 3 aromatic rings. The van der Waals surface area contributed by atoms with E-state index in [2.05, 4.69) is 30.2 Å². The van der Waals surface area contributed by atoms with E-state index in [1.54, 1.807) is 6.08 Å². The number of nitrogens with zero attached hydrogens (tertiary/aromatic N) is 1. The summed E-state index contributed by atoms with van der Waals surface area (Å²) in [6.45, 7) is 6.77. The summed E-state index contributed by atoms with van der Waals surface area (Å²) in [4.78, 5) is 24.4. The van der Waals surface area contributed by atoms with Gasteiger partial charge in [-0.25, -0.2) is 0 Å². The Hall–Kier alpha value is -2.68. The SMILES string of the molecule is C=CCCC(=O)CC(=O)c1ccc2c(c1)c1ccccc1n2CCCC. The largest absolute Gasteiger partial charge is 0.340 e. The molecular formula is C23H25NO2. The van der Waals surface area contributed by atoms with Crippen molar-refractivity contribution >= 4 is 33.4 Å². The molecule has 0 saturated carbocycles. The van der Waals surface area contributed by atoms with Crippen molar-refractivity contribution in [3.05, 3.63) is 60.7 Å². The number of fused-ring (bicyclic) bond motifs is 3. The van der Waals surface area contributed by atoms with Crippen molar-refractivity contribution in [1.82, 2.24) is 4.57 Å². The summed E-state index contributed by atoms with van der Waals surface area (Å²) in [6, 6.07) is 14.1. The van der Waals surface area contributed by atoms with Crippen LogP contribution in [0.3, 0.4) is 0 Å². The fraction of sp³-hybridized carbons (Fsp3) is 0.304. The van der Waals surface area contributed by atoms with Crippen LogP contribution in [0.5, 0.6) is 0 Å². The first-order chi connectivity index (χ1) is 12.7. The molecule has 0 amide bonds. The third-order valence-corrected chi connectivity index (χ3v) is 4.81. The number of benzene rings is 2. The average Bonchev–Trinajstić information content (AvgIpc) is 2.97. The van der Waals surface area contributed by atoms with E-state index in [0.717, 1.165) is 35.7 Å². The van der Waals surface area contributed by atoms with Crippen molar-refractivity contribution in [2.45, 2.75) is 45.6 Å². The number of carbonyl (C=O) groups excluding carboxylic acids is 2. The molecule has 0 N–H and O–H groups in total. The average molecular weight is 347 g/mol. The molecule has 3 heteroatoms. The summed E-state index contributed by atoms with van der Waals surface area (Å²) in [5, 5.41) is 2.24. The van der Waals surface area contributed by atoms with Crippen LogP contribution in [0.4, 0.5) is 0 Å². The molecule has 0 aliphatic heterocycles. The summed E-state index contributed by atoms with van der Waals surface area (Å²) < 4.78 is 2.33. The van der Waals surface area contributed by atoms with E-state index in [1.807, 2.05) is 30.3 Å². The Morgan fingerprint density at radius 2 is 1.85 bits per heavy atom. The summed E-state index contributed by atoms with van der Waals surface area (Å²) in [5.41, 5.74) is 2.96. The molecule has 0 spiro atoms. The van der Waals surface area contributed by atoms with Crippen LogP contribution in [-0.4, -0.2) is 16.1 Å². The Bertz CT molecular complexity index is 965. The van der Waals surface area contributed by atoms with Gasteiger partial charge in [-0.15, -0.1) is 6.58 Å². The molecule has 0 saturated heterocycles. The van der Waals surface area contributed by atoms with E-state index < -0.39 is 0 Å². The van der Waals surface area contributed by atoms with Gasteiger partial charge in [0.2, 0.25) is 0 Å². The smallest absolute Gasteiger partial charge is 0.170 e. The first-order valence-corrected chi connectivity index (χ1v) is 9.32. The molecule has 1 aromatic heterocycles. The molecule has 1 heterocycles. The van der Waals surface area contributed by atoms with Crippen LogP contribution in [0.2, 0.25) is 0 Å². The van der Waals surface area contributed by atoms with E-state index in [-0.39, 0.29) is 18.0 Å². The van der Waals surface area contributed by atoms with E-state index in [1.165, 1.54) is 5.52 Å². The van der Waals surface area contributed by atoms with Crippen molar-refractivity contribution in [2.75, 3.05) is 0 Å². The van der Waals surface area contributed by atoms with Crippen LogP contribution in [0, 0.1) is 0 Å². The number of para-hydroxylation sites is 1. The molecule has 2 aromatic carbocycles. The molecule has 3 rings (SSSR count). The lowest BCUT2D eigenvalue weighted by Crippen LogP contribution is -2.07. The maximum atomic E-state index is 12.5. The molecule has 0 radical (unpaired) electrons. The van der Waals surface area contributed by atoms with Gasteiger partial charge in [0.1, 0.15) is 5.78 Å². The van der Waals surface area contributed by atoms with Crippen LogP contribution in [0.1, 0.15) is 49.4 Å². The van der Waals surface area contributed by atoms with Crippen molar-refractivity contribution < 1.29 is 9.59 Å². The molecule has 26 heavy (non-hydrogen) atoms. The van der Waals surface area contributed by atoms with Gasteiger partial charge in [-0.1, -0.05) is 37.6 Å². The summed E-state index contributed by atoms with van der Waals surface area (Å²) in [7, 11) is 0. The molecule has 0 aliphatic carbocycles. The van der Waals surface area contributed by atoms with Gasteiger partial charge in [-0.3, -0.25) is 9.59 Å². The highest BCUT2D eigenvalue weighted by atomic mass is 16.1. The lowest BCUT2D eigenvalue weighted by Gasteiger charge is -2.06. The van der Waals surface area contributed by atoms with Crippen LogP contribution in [-0.2, 0) is 11.3 Å². The summed E-state index contributed by atoms with van der Waals surface area (Å²) >= 11 is 0. The first-order valence-electron chi connectivity index (χ1n) is 9.32. The van der Waals surface area contributed by atoms with Gasteiger partial charge in [0.15, 0.2) is 5.78 Å². The van der Waals surface area contributed by atoms with Crippen molar-refractivity contribution in [1.29, 1.82) is 0 Å². The molecule has 0 atom stereocenters. The summed E-state index contributed by atoms with van der Waals surface area (Å²) in [6.07, 6.45) is 4.93. The number of hydrogen-bond acceptors (Lipinski definition) is 2. The Morgan fingerprint density at radius 1 is 1.08 bits per heavy atom. The number of aryl methyl sites for hydroxylation is 1. The molecule has 0 bridgehead atoms. The third kappa shape index (κ3) is 3.62. The predicted octanol–water partition coefficient (Wildman–Crippen LogP) is 5.70. The molecule has 3 nitrogen and oxygen atoms in total. The van der Waals surface area contributed by atoms with E-state index in [4.69, 9.17) is 0 Å². The van der Waals surface area contributed by atoms with E-state index >= 15 is 0 Å². The van der Waals surface area contributed by atoms with E-state index in [9.17, 15) is 9.59 Å². The highest BCUT2D eigenvalue weighted by Crippen LogP contribution is 2.30. The Balaban J connectivity index is 1.98. The van der Waals surface area contributed by atoms with E-state index in [0.29, 0.717) is 18.4 Å². The number of hydrogen-bond donors (Lipinski definition) is 0. The second kappa shape index (κ2) is 8.13.